The van der Waals surface area contributed by atoms with Crippen LogP contribution in [-0.4, -0.2) is 11.7 Å². The summed E-state index contributed by atoms with van der Waals surface area (Å²) in [6.07, 6.45) is 0.288. The first-order valence-electron chi connectivity index (χ1n) is 5.55. The summed E-state index contributed by atoms with van der Waals surface area (Å²) < 4.78 is 5.66. The van der Waals surface area contributed by atoms with Gasteiger partial charge in [0.15, 0.2) is 0 Å². The lowest BCUT2D eigenvalue weighted by Crippen LogP contribution is -2.07. The first-order valence-corrected chi connectivity index (χ1v) is 5.55. The largest absolute Gasteiger partial charge is 0.493 e. The maximum atomic E-state index is 9.80. The Balaban J connectivity index is 2.77. The van der Waals surface area contributed by atoms with Gasteiger partial charge in [0.1, 0.15) is 5.75 Å². The van der Waals surface area contributed by atoms with Crippen molar-refractivity contribution in [3.63, 3.8) is 0 Å². The van der Waals surface area contributed by atoms with E-state index in [-0.39, 0.29) is 0 Å². The average Bonchev–Trinajstić information content (AvgIpc) is 2.25. The molecule has 0 saturated carbocycles. The van der Waals surface area contributed by atoms with E-state index < -0.39 is 6.10 Å². The fraction of sp³-hybridized carbons (Fsp3) is 0.538. The molecule has 1 aromatic carbocycles. The Hall–Kier alpha value is -1.02. The van der Waals surface area contributed by atoms with Gasteiger partial charge >= 0.3 is 0 Å². The molecule has 15 heavy (non-hydrogen) atoms. The molecule has 0 aliphatic rings. The maximum Gasteiger partial charge on any atom is 0.125 e. The van der Waals surface area contributed by atoms with Crippen molar-refractivity contribution < 1.29 is 9.84 Å². The molecule has 0 saturated heterocycles. The summed E-state index contributed by atoms with van der Waals surface area (Å²) in [6.45, 7) is 6.87. The minimum absolute atomic E-state index is 0.423. The third kappa shape index (κ3) is 3.56. The SMILES string of the molecule is CC[C@@H](O)c1ccccc1OCC(C)C. The molecule has 1 aromatic rings. The quantitative estimate of drug-likeness (QED) is 0.805. The van der Waals surface area contributed by atoms with Crippen molar-refractivity contribution in [2.45, 2.75) is 33.3 Å². The first-order chi connectivity index (χ1) is 7.15. The lowest BCUT2D eigenvalue weighted by molar-refractivity contribution is 0.165. The Morgan fingerprint density at radius 1 is 1.27 bits per heavy atom. The Kier molecular flexibility index (Phi) is 4.63. The van der Waals surface area contributed by atoms with Crippen molar-refractivity contribution in [1.82, 2.24) is 0 Å². The van der Waals surface area contributed by atoms with E-state index >= 15 is 0 Å². The van der Waals surface area contributed by atoms with E-state index in [4.69, 9.17) is 4.74 Å². The highest BCUT2D eigenvalue weighted by Gasteiger charge is 2.10. The van der Waals surface area contributed by atoms with Crippen LogP contribution in [0, 0.1) is 5.92 Å². The molecule has 0 unspecified atom stereocenters. The van der Waals surface area contributed by atoms with Gasteiger partial charge < -0.3 is 9.84 Å². The van der Waals surface area contributed by atoms with E-state index in [9.17, 15) is 5.11 Å². The van der Waals surface area contributed by atoms with Crippen molar-refractivity contribution in [1.29, 1.82) is 0 Å². The van der Waals surface area contributed by atoms with Crippen molar-refractivity contribution in [2.24, 2.45) is 5.92 Å². The van der Waals surface area contributed by atoms with Gasteiger partial charge in [-0.2, -0.15) is 0 Å². The van der Waals surface area contributed by atoms with Crippen LogP contribution in [0.1, 0.15) is 38.9 Å². The maximum absolute atomic E-state index is 9.80. The monoisotopic (exact) mass is 208 g/mol. The Morgan fingerprint density at radius 3 is 2.53 bits per heavy atom. The van der Waals surface area contributed by atoms with Crippen molar-refractivity contribution in [3.8, 4) is 5.75 Å². The number of hydrogen-bond acceptors (Lipinski definition) is 2. The van der Waals surface area contributed by atoms with Crippen LogP contribution in [0.3, 0.4) is 0 Å². The highest BCUT2D eigenvalue weighted by molar-refractivity contribution is 5.34. The molecule has 1 rings (SSSR count). The molecule has 2 heteroatoms. The van der Waals surface area contributed by atoms with E-state index in [0.717, 1.165) is 11.3 Å². The van der Waals surface area contributed by atoms with E-state index in [1.54, 1.807) is 0 Å². The van der Waals surface area contributed by atoms with Gasteiger partial charge in [0.2, 0.25) is 0 Å². The second kappa shape index (κ2) is 5.76. The second-order valence-corrected chi connectivity index (χ2v) is 4.17. The summed E-state index contributed by atoms with van der Waals surface area (Å²) in [7, 11) is 0. The van der Waals surface area contributed by atoms with Gasteiger partial charge in [0, 0.05) is 5.56 Å². The number of aliphatic hydroxyl groups excluding tert-OH is 1. The van der Waals surface area contributed by atoms with Crippen LogP contribution >= 0.6 is 0 Å². The fourth-order valence-corrected chi connectivity index (χ4v) is 1.36. The van der Waals surface area contributed by atoms with E-state index in [1.807, 2.05) is 31.2 Å². The van der Waals surface area contributed by atoms with E-state index in [1.165, 1.54) is 0 Å². The Labute approximate surface area is 91.9 Å². The van der Waals surface area contributed by atoms with Gasteiger partial charge in [-0.25, -0.2) is 0 Å². The molecule has 84 valence electrons. The normalized spacial score (nSPS) is 12.9. The predicted molar refractivity (Wildman–Crippen MR) is 62.0 cm³/mol. The van der Waals surface area contributed by atoms with Crippen LogP contribution < -0.4 is 4.74 Å². The summed E-state index contributed by atoms with van der Waals surface area (Å²) in [5.41, 5.74) is 0.889. The molecule has 0 aliphatic heterocycles. The summed E-state index contributed by atoms with van der Waals surface area (Å²) in [5, 5.41) is 9.80. The molecule has 0 spiro atoms. The standard InChI is InChI=1S/C13H20O2/c1-4-12(14)11-7-5-6-8-13(11)15-9-10(2)3/h5-8,10,12,14H,4,9H2,1-3H3/t12-/m1/s1. The molecular formula is C13H20O2. The lowest BCUT2D eigenvalue weighted by Gasteiger charge is -2.15. The minimum Gasteiger partial charge on any atom is -0.493 e. The molecular weight excluding hydrogens is 188 g/mol. The van der Waals surface area contributed by atoms with Crippen LogP contribution in [0.15, 0.2) is 24.3 Å². The van der Waals surface area contributed by atoms with E-state index in [0.29, 0.717) is 18.9 Å². The van der Waals surface area contributed by atoms with Crippen LogP contribution in [0.2, 0.25) is 0 Å². The molecule has 1 atom stereocenters. The number of ether oxygens (including phenoxy) is 1. The summed E-state index contributed by atoms with van der Waals surface area (Å²) in [4.78, 5) is 0. The summed E-state index contributed by atoms with van der Waals surface area (Å²) >= 11 is 0. The second-order valence-electron chi connectivity index (χ2n) is 4.17. The Bertz CT molecular complexity index is 294. The van der Waals surface area contributed by atoms with Crippen LogP contribution in [0.25, 0.3) is 0 Å². The van der Waals surface area contributed by atoms with Crippen molar-refractivity contribution >= 4 is 0 Å². The third-order valence-electron chi connectivity index (χ3n) is 2.24. The first kappa shape index (κ1) is 12.1. The molecule has 0 bridgehead atoms. The number of hydrogen-bond donors (Lipinski definition) is 1. The highest BCUT2D eigenvalue weighted by atomic mass is 16.5. The molecule has 2 nitrogen and oxygen atoms in total. The zero-order chi connectivity index (χ0) is 11.3. The molecule has 0 aromatic heterocycles. The summed E-state index contributed by atoms with van der Waals surface area (Å²) in [5.74, 6) is 1.30. The molecule has 0 heterocycles. The van der Waals surface area contributed by atoms with Crippen LogP contribution in [0.4, 0.5) is 0 Å². The topological polar surface area (TPSA) is 29.5 Å². The van der Waals surface area contributed by atoms with Gasteiger partial charge in [-0.3, -0.25) is 0 Å². The summed E-state index contributed by atoms with van der Waals surface area (Å²) in [6, 6.07) is 7.69. The number of para-hydroxylation sites is 1. The predicted octanol–water partition coefficient (Wildman–Crippen LogP) is 3.16. The minimum atomic E-state index is -0.423. The van der Waals surface area contributed by atoms with Crippen molar-refractivity contribution in [2.75, 3.05) is 6.61 Å². The van der Waals surface area contributed by atoms with Gasteiger partial charge in [-0.05, 0) is 18.4 Å². The van der Waals surface area contributed by atoms with Crippen LogP contribution in [0.5, 0.6) is 5.75 Å². The highest BCUT2D eigenvalue weighted by Crippen LogP contribution is 2.27. The smallest absolute Gasteiger partial charge is 0.125 e. The molecule has 0 aliphatic carbocycles. The molecule has 0 amide bonds. The van der Waals surface area contributed by atoms with Gasteiger partial charge in [-0.1, -0.05) is 39.0 Å². The van der Waals surface area contributed by atoms with Gasteiger partial charge in [0.25, 0.3) is 0 Å². The molecule has 0 radical (unpaired) electrons. The molecule has 1 N–H and O–H groups in total. The third-order valence-corrected chi connectivity index (χ3v) is 2.24. The average molecular weight is 208 g/mol. The van der Waals surface area contributed by atoms with Crippen LogP contribution in [-0.2, 0) is 0 Å². The fourth-order valence-electron chi connectivity index (χ4n) is 1.36. The number of benzene rings is 1. The lowest BCUT2D eigenvalue weighted by atomic mass is 10.1. The molecule has 0 fully saturated rings. The number of rotatable bonds is 5. The van der Waals surface area contributed by atoms with Crippen molar-refractivity contribution in [3.05, 3.63) is 29.8 Å². The van der Waals surface area contributed by atoms with E-state index in [2.05, 4.69) is 13.8 Å². The zero-order valence-corrected chi connectivity index (χ0v) is 9.73. The Morgan fingerprint density at radius 2 is 1.93 bits per heavy atom. The number of aliphatic hydroxyl groups is 1. The van der Waals surface area contributed by atoms with Gasteiger partial charge in [-0.15, -0.1) is 0 Å². The zero-order valence-electron chi connectivity index (χ0n) is 9.73. The van der Waals surface area contributed by atoms with Gasteiger partial charge in [0.05, 0.1) is 12.7 Å².